The van der Waals surface area contributed by atoms with Crippen molar-refractivity contribution < 1.29 is 19.5 Å². The van der Waals surface area contributed by atoms with E-state index >= 15 is 0 Å². The topological polar surface area (TPSA) is 160 Å². The number of piperidine rings is 2. The van der Waals surface area contributed by atoms with Crippen molar-refractivity contribution in [1.82, 2.24) is 40.7 Å². The van der Waals surface area contributed by atoms with Crippen molar-refractivity contribution in [3.05, 3.63) is 29.8 Å². The number of fused-ring (bicyclic) bond motifs is 1. The van der Waals surface area contributed by atoms with Gasteiger partial charge in [-0.15, -0.1) is 0 Å². The number of amides is 2. The number of carbonyl (C=O) groups is 3. The van der Waals surface area contributed by atoms with E-state index in [1.165, 1.54) is 0 Å². The monoisotopic (exact) mass is 446 g/mol. The SMILES string of the molecule is CN1CC[C@]2(C(=O)NCCc3cn[nH]n3)CCCN(C(=O)Cc3ccn[nH]3)[C@H]2C1.O=CO. The molecular formula is C20H30N8O4. The average molecular weight is 447 g/mol. The number of carboxylic acid groups (broad SMARTS) is 1. The van der Waals surface area contributed by atoms with E-state index in [1.807, 2.05) is 11.0 Å². The van der Waals surface area contributed by atoms with Gasteiger partial charge in [-0.2, -0.15) is 20.5 Å². The van der Waals surface area contributed by atoms with E-state index in [-0.39, 0.29) is 30.7 Å². The standard InChI is InChI=1S/C19H28N8O2.CH2O2/c1-26-10-6-19(18(29)20-7-3-15-12-22-25-24-15)5-2-9-27(16(19)13-26)17(28)11-14-4-8-21-23-14;2-1-3/h4,8,12,16H,2-3,5-7,9-11,13H2,1H3,(H,20,29)(H,21,23)(H,22,24,25);1H,(H,2,3)/t16-,19+;/m0./s1. The number of nitrogens with zero attached hydrogens (tertiary/aromatic N) is 5. The van der Waals surface area contributed by atoms with Crippen LogP contribution in [-0.2, 0) is 27.2 Å². The highest BCUT2D eigenvalue weighted by atomic mass is 16.3. The fourth-order valence-electron chi connectivity index (χ4n) is 4.68. The molecule has 4 rings (SSSR count). The van der Waals surface area contributed by atoms with Gasteiger partial charge in [-0.25, -0.2) is 0 Å². The molecule has 0 aromatic carbocycles. The molecule has 0 bridgehead atoms. The molecule has 2 atom stereocenters. The van der Waals surface area contributed by atoms with Gasteiger partial charge in [-0.1, -0.05) is 0 Å². The molecule has 4 N–H and O–H groups in total. The van der Waals surface area contributed by atoms with E-state index in [2.05, 4.69) is 42.9 Å². The number of aromatic amines is 2. The van der Waals surface area contributed by atoms with Crippen molar-refractivity contribution in [2.24, 2.45) is 5.41 Å². The summed E-state index contributed by atoms with van der Waals surface area (Å²) in [6.45, 7) is 2.53. The molecule has 2 amide bonds. The van der Waals surface area contributed by atoms with Crippen LogP contribution in [0.25, 0.3) is 0 Å². The van der Waals surface area contributed by atoms with Gasteiger partial charge in [0, 0.05) is 37.9 Å². The molecule has 2 saturated heterocycles. The second-order valence-corrected chi connectivity index (χ2v) is 8.21. The van der Waals surface area contributed by atoms with Gasteiger partial charge in [0.25, 0.3) is 6.47 Å². The van der Waals surface area contributed by atoms with Crippen LogP contribution in [0.1, 0.15) is 30.7 Å². The minimum Gasteiger partial charge on any atom is -0.483 e. The van der Waals surface area contributed by atoms with E-state index in [0.717, 1.165) is 37.2 Å². The van der Waals surface area contributed by atoms with Gasteiger partial charge in [-0.05, 0) is 38.9 Å². The van der Waals surface area contributed by atoms with Crippen LogP contribution in [-0.4, -0.2) is 98.1 Å². The first-order chi connectivity index (χ1) is 15.5. The molecular weight excluding hydrogens is 416 g/mol. The maximum atomic E-state index is 13.3. The summed E-state index contributed by atoms with van der Waals surface area (Å²) in [4.78, 5) is 38.9. The van der Waals surface area contributed by atoms with Gasteiger partial charge in [-0.3, -0.25) is 19.5 Å². The summed E-state index contributed by atoms with van der Waals surface area (Å²) in [5, 5.41) is 27.2. The lowest BCUT2D eigenvalue weighted by molar-refractivity contribution is -0.153. The second-order valence-electron chi connectivity index (χ2n) is 8.21. The number of hydrogen-bond acceptors (Lipinski definition) is 7. The van der Waals surface area contributed by atoms with Crippen molar-refractivity contribution >= 4 is 18.3 Å². The zero-order valence-corrected chi connectivity index (χ0v) is 18.2. The second kappa shape index (κ2) is 10.8. The summed E-state index contributed by atoms with van der Waals surface area (Å²) in [5.41, 5.74) is 1.09. The fraction of sp³-hybridized carbons (Fsp3) is 0.600. The third-order valence-electron chi connectivity index (χ3n) is 6.26. The maximum Gasteiger partial charge on any atom is 0.290 e. The number of hydrogen-bond donors (Lipinski definition) is 4. The number of nitrogens with one attached hydrogen (secondary N) is 3. The Labute approximate surface area is 185 Å². The van der Waals surface area contributed by atoms with E-state index < -0.39 is 5.41 Å². The Morgan fingerprint density at radius 1 is 1.34 bits per heavy atom. The zero-order valence-electron chi connectivity index (χ0n) is 18.2. The first-order valence-electron chi connectivity index (χ1n) is 10.7. The summed E-state index contributed by atoms with van der Waals surface area (Å²) in [7, 11) is 2.05. The average Bonchev–Trinajstić information content (AvgIpc) is 3.48. The van der Waals surface area contributed by atoms with Crippen molar-refractivity contribution in [1.29, 1.82) is 0 Å². The fourth-order valence-corrected chi connectivity index (χ4v) is 4.68. The van der Waals surface area contributed by atoms with E-state index in [0.29, 0.717) is 26.1 Å². The molecule has 0 spiro atoms. The van der Waals surface area contributed by atoms with Crippen molar-refractivity contribution in [3.8, 4) is 0 Å². The minimum atomic E-state index is -0.530. The summed E-state index contributed by atoms with van der Waals surface area (Å²) in [6.07, 6.45) is 6.65. The molecule has 0 unspecified atom stereocenters. The predicted molar refractivity (Wildman–Crippen MR) is 113 cm³/mol. The lowest BCUT2D eigenvalue weighted by Gasteiger charge is -2.53. The molecule has 0 saturated carbocycles. The smallest absolute Gasteiger partial charge is 0.290 e. The Bertz CT molecular complexity index is 872. The van der Waals surface area contributed by atoms with E-state index in [1.54, 1.807) is 12.4 Å². The minimum absolute atomic E-state index is 0.0500. The van der Waals surface area contributed by atoms with Gasteiger partial charge >= 0.3 is 0 Å². The van der Waals surface area contributed by atoms with Gasteiger partial charge in [0.15, 0.2) is 0 Å². The van der Waals surface area contributed by atoms with Crippen LogP contribution in [0, 0.1) is 5.41 Å². The summed E-state index contributed by atoms with van der Waals surface area (Å²) in [6, 6.07) is 1.70. The van der Waals surface area contributed by atoms with Gasteiger partial charge in [0.1, 0.15) is 0 Å². The summed E-state index contributed by atoms with van der Waals surface area (Å²) in [5.74, 6) is 0.104. The highest BCUT2D eigenvalue weighted by molar-refractivity contribution is 5.86. The highest BCUT2D eigenvalue weighted by Crippen LogP contribution is 2.42. The molecule has 2 aromatic heterocycles. The third kappa shape index (κ3) is 5.31. The maximum absolute atomic E-state index is 13.3. The Morgan fingerprint density at radius 3 is 2.84 bits per heavy atom. The van der Waals surface area contributed by atoms with Crippen molar-refractivity contribution in [2.45, 2.75) is 38.1 Å². The largest absolute Gasteiger partial charge is 0.483 e. The Kier molecular flexibility index (Phi) is 7.92. The number of H-pyrrole nitrogens is 2. The van der Waals surface area contributed by atoms with Crippen LogP contribution in [0.4, 0.5) is 0 Å². The van der Waals surface area contributed by atoms with Crippen molar-refractivity contribution in [2.75, 3.05) is 33.2 Å². The number of aromatic nitrogens is 5. The Morgan fingerprint density at radius 2 is 2.16 bits per heavy atom. The first kappa shape index (κ1) is 23.4. The highest BCUT2D eigenvalue weighted by Gasteiger charge is 2.53. The van der Waals surface area contributed by atoms with Crippen LogP contribution in [0.15, 0.2) is 18.5 Å². The van der Waals surface area contributed by atoms with E-state index in [4.69, 9.17) is 9.90 Å². The van der Waals surface area contributed by atoms with Crippen LogP contribution in [0.5, 0.6) is 0 Å². The van der Waals surface area contributed by atoms with Crippen LogP contribution in [0.3, 0.4) is 0 Å². The lowest BCUT2D eigenvalue weighted by Crippen LogP contribution is -2.66. The zero-order chi connectivity index (χ0) is 23.0. The quantitative estimate of drug-likeness (QED) is 0.430. The summed E-state index contributed by atoms with van der Waals surface area (Å²) < 4.78 is 0. The molecule has 32 heavy (non-hydrogen) atoms. The molecule has 2 fully saturated rings. The van der Waals surface area contributed by atoms with Crippen LogP contribution in [0.2, 0.25) is 0 Å². The molecule has 0 aliphatic carbocycles. The first-order valence-corrected chi connectivity index (χ1v) is 10.7. The van der Waals surface area contributed by atoms with E-state index in [9.17, 15) is 9.59 Å². The van der Waals surface area contributed by atoms with Gasteiger partial charge < -0.3 is 20.2 Å². The Balaban J connectivity index is 0.000000913. The number of likely N-dealkylation sites (tertiary alicyclic amines) is 2. The molecule has 12 nitrogen and oxygen atoms in total. The molecule has 4 heterocycles. The summed E-state index contributed by atoms with van der Waals surface area (Å²) >= 11 is 0. The molecule has 2 aliphatic rings. The molecule has 2 aromatic rings. The lowest BCUT2D eigenvalue weighted by atomic mass is 9.67. The van der Waals surface area contributed by atoms with Gasteiger partial charge in [0.2, 0.25) is 11.8 Å². The van der Waals surface area contributed by atoms with Crippen molar-refractivity contribution in [3.63, 3.8) is 0 Å². The number of likely N-dealkylation sites (N-methyl/N-ethyl adjacent to an activating group) is 1. The number of carbonyl (C=O) groups excluding carboxylic acids is 2. The molecule has 174 valence electrons. The third-order valence-corrected chi connectivity index (χ3v) is 6.26. The van der Waals surface area contributed by atoms with Crippen LogP contribution < -0.4 is 5.32 Å². The van der Waals surface area contributed by atoms with Gasteiger partial charge in [0.05, 0.1) is 29.8 Å². The molecule has 2 aliphatic heterocycles. The normalized spacial score (nSPS) is 22.9. The molecule has 12 heteroatoms. The molecule has 0 radical (unpaired) electrons. The predicted octanol–water partition coefficient (Wildman–Crippen LogP) is -0.557. The Hall–Kier alpha value is -3.28. The van der Waals surface area contributed by atoms with Crippen LogP contribution >= 0.6 is 0 Å². The number of rotatable bonds is 6.